The van der Waals surface area contributed by atoms with Crippen molar-refractivity contribution in [1.82, 2.24) is 5.32 Å². The molecule has 2 atom stereocenters. The monoisotopic (exact) mass is 280 g/mol. The van der Waals surface area contributed by atoms with Gasteiger partial charge in [-0.05, 0) is 57.2 Å². The van der Waals surface area contributed by atoms with E-state index in [1.165, 1.54) is 16.2 Å². The van der Waals surface area contributed by atoms with Crippen molar-refractivity contribution in [3.05, 3.63) is 21.9 Å². The molecular weight excluding hydrogens is 256 g/mol. The van der Waals surface area contributed by atoms with Crippen molar-refractivity contribution in [2.45, 2.75) is 51.5 Å². The first-order valence-electron chi connectivity index (χ1n) is 7.24. The summed E-state index contributed by atoms with van der Waals surface area (Å²) in [6.07, 6.45) is 6.03. The first-order chi connectivity index (χ1) is 9.19. The predicted molar refractivity (Wildman–Crippen MR) is 80.3 cm³/mol. The number of hydrogen-bond acceptors (Lipinski definition) is 3. The predicted octanol–water partition coefficient (Wildman–Crippen LogP) is 2.62. The van der Waals surface area contributed by atoms with Crippen molar-refractivity contribution in [3.8, 4) is 0 Å². The molecule has 0 spiro atoms. The quantitative estimate of drug-likeness (QED) is 0.841. The van der Waals surface area contributed by atoms with Gasteiger partial charge in [0.25, 0.3) is 0 Å². The summed E-state index contributed by atoms with van der Waals surface area (Å²) in [5.74, 6) is 0.683. The Balaban J connectivity index is 1.67. The number of carbonyl (C=O) groups is 1. The van der Waals surface area contributed by atoms with E-state index in [1.807, 2.05) is 11.3 Å². The third kappa shape index (κ3) is 4.32. The van der Waals surface area contributed by atoms with Crippen LogP contribution in [0.25, 0.3) is 0 Å². The molecule has 3 N–H and O–H groups in total. The minimum Gasteiger partial charge on any atom is -0.353 e. The Morgan fingerprint density at radius 1 is 1.47 bits per heavy atom. The number of rotatable bonds is 6. The molecule has 1 aliphatic rings. The van der Waals surface area contributed by atoms with Crippen LogP contribution in [0.1, 0.15) is 41.9 Å². The van der Waals surface area contributed by atoms with E-state index in [4.69, 9.17) is 5.73 Å². The molecule has 1 heterocycles. The molecule has 1 fully saturated rings. The minimum absolute atomic E-state index is 0.193. The lowest BCUT2D eigenvalue weighted by Crippen LogP contribution is -2.39. The largest absolute Gasteiger partial charge is 0.353 e. The van der Waals surface area contributed by atoms with Crippen LogP contribution in [0.3, 0.4) is 0 Å². The van der Waals surface area contributed by atoms with Crippen molar-refractivity contribution in [3.63, 3.8) is 0 Å². The van der Waals surface area contributed by atoms with E-state index in [0.717, 1.165) is 25.7 Å². The van der Waals surface area contributed by atoms with Crippen molar-refractivity contribution in [1.29, 1.82) is 0 Å². The molecule has 0 aliphatic heterocycles. The van der Waals surface area contributed by atoms with Crippen LogP contribution in [0.15, 0.2) is 12.1 Å². The summed E-state index contributed by atoms with van der Waals surface area (Å²) < 4.78 is 0. The molecule has 1 amide bonds. The Labute approximate surface area is 119 Å². The maximum Gasteiger partial charge on any atom is 0.220 e. The van der Waals surface area contributed by atoms with E-state index in [0.29, 0.717) is 24.9 Å². The zero-order valence-electron chi connectivity index (χ0n) is 11.7. The highest BCUT2D eigenvalue weighted by molar-refractivity contribution is 7.11. The van der Waals surface area contributed by atoms with Gasteiger partial charge in [0.1, 0.15) is 0 Å². The van der Waals surface area contributed by atoms with Crippen LogP contribution < -0.4 is 11.1 Å². The van der Waals surface area contributed by atoms with Gasteiger partial charge in [-0.2, -0.15) is 0 Å². The molecule has 0 aromatic carbocycles. The van der Waals surface area contributed by atoms with Crippen LogP contribution in [-0.2, 0) is 11.2 Å². The van der Waals surface area contributed by atoms with Gasteiger partial charge in [-0.1, -0.05) is 6.42 Å². The third-order valence-electron chi connectivity index (χ3n) is 3.93. The third-order valence-corrected chi connectivity index (χ3v) is 4.99. The highest BCUT2D eigenvalue weighted by Gasteiger charge is 2.26. The van der Waals surface area contributed by atoms with Crippen LogP contribution in [0.5, 0.6) is 0 Å². The Kier molecular flexibility index (Phi) is 5.40. The van der Waals surface area contributed by atoms with Crippen LogP contribution >= 0.6 is 11.3 Å². The van der Waals surface area contributed by atoms with Gasteiger partial charge in [-0.15, -0.1) is 11.3 Å². The molecule has 19 heavy (non-hydrogen) atoms. The summed E-state index contributed by atoms with van der Waals surface area (Å²) in [4.78, 5) is 14.6. The maximum atomic E-state index is 11.9. The lowest BCUT2D eigenvalue weighted by atomic mass is 10.0. The number of nitrogens with one attached hydrogen (secondary N) is 1. The summed E-state index contributed by atoms with van der Waals surface area (Å²) in [5, 5.41) is 3.16. The van der Waals surface area contributed by atoms with Crippen molar-refractivity contribution < 1.29 is 4.79 Å². The highest BCUT2D eigenvalue weighted by atomic mass is 32.1. The van der Waals surface area contributed by atoms with E-state index >= 15 is 0 Å². The number of hydrogen-bond donors (Lipinski definition) is 2. The number of amides is 1. The highest BCUT2D eigenvalue weighted by Crippen LogP contribution is 2.24. The molecule has 1 aliphatic carbocycles. The fraction of sp³-hybridized carbons (Fsp3) is 0.667. The minimum atomic E-state index is 0.193. The standard InChI is InChI=1S/C15H24N2OS/c1-11-8-9-13(19-11)5-3-7-15(18)17-14-6-2-4-12(14)10-16/h8-9,12,14H,2-7,10,16H2,1H3,(H,17,18). The van der Waals surface area contributed by atoms with Gasteiger partial charge >= 0.3 is 0 Å². The van der Waals surface area contributed by atoms with E-state index < -0.39 is 0 Å². The molecule has 2 rings (SSSR count). The topological polar surface area (TPSA) is 55.1 Å². The molecule has 4 heteroatoms. The smallest absolute Gasteiger partial charge is 0.220 e. The number of thiophene rings is 1. The molecule has 106 valence electrons. The Morgan fingerprint density at radius 2 is 2.32 bits per heavy atom. The zero-order chi connectivity index (χ0) is 13.7. The van der Waals surface area contributed by atoms with Crippen molar-refractivity contribution in [2.75, 3.05) is 6.54 Å². The fourth-order valence-corrected chi connectivity index (χ4v) is 3.76. The summed E-state index contributed by atoms with van der Waals surface area (Å²) in [6, 6.07) is 4.63. The second-order valence-corrected chi connectivity index (χ2v) is 6.84. The average Bonchev–Trinajstić information content (AvgIpc) is 2.98. The van der Waals surface area contributed by atoms with Gasteiger partial charge in [0, 0.05) is 22.2 Å². The SMILES string of the molecule is Cc1ccc(CCCC(=O)NC2CCCC2CN)s1. The van der Waals surface area contributed by atoms with Gasteiger partial charge < -0.3 is 11.1 Å². The number of carbonyl (C=O) groups excluding carboxylic acids is 1. The summed E-state index contributed by atoms with van der Waals surface area (Å²) in [6.45, 7) is 2.81. The Bertz CT molecular complexity index is 416. The number of nitrogens with two attached hydrogens (primary N) is 1. The van der Waals surface area contributed by atoms with E-state index in [2.05, 4.69) is 24.4 Å². The van der Waals surface area contributed by atoms with Crippen LogP contribution in [-0.4, -0.2) is 18.5 Å². The van der Waals surface area contributed by atoms with Crippen LogP contribution in [0.4, 0.5) is 0 Å². The summed E-state index contributed by atoms with van der Waals surface area (Å²) in [7, 11) is 0. The Morgan fingerprint density at radius 3 is 3.00 bits per heavy atom. The second-order valence-electron chi connectivity index (χ2n) is 5.47. The molecule has 1 aromatic heterocycles. The van der Waals surface area contributed by atoms with Crippen LogP contribution in [0.2, 0.25) is 0 Å². The second kappa shape index (κ2) is 7.06. The summed E-state index contributed by atoms with van der Waals surface area (Å²) >= 11 is 1.83. The van der Waals surface area contributed by atoms with Gasteiger partial charge in [0.2, 0.25) is 5.91 Å². The Hall–Kier alpha value is -0.870. The fourth-order valence-electron chi connectivity index (χ4n) is 2.83. The molecule has 1 aromatic rings. The normalized spacial score (nSPS) is 22.6. The lowest BCUT2D eigenvalue weighted by molar-refractivity contribution is -0.122. The first kappa shape index (κ1) is 14.5. The first-order valence-corrected chi connectivity index (χ1v) is 8.05. The zero-order valence-corrected chi connectivity index (χ0v) is 12.5. The maximum absolute atomic E-state index is 11.9. The molecule has 0 saturated heterocycles. The molecular formula is C15H24N2OS. The molecule has 1 saturated carbocycles. The van der Waals surface area contributed by atoms with Crippen molar-refractivity contribution in [2.24, 2.45) is 11.7 Å². The average molecular weight is 280 g/mol. The van der Waals surface area contributed by atoms with E-state index in [1.54, 1.807) is 0 Å². The van der Waals surface area contributed by atoms with Crippen LogP contribution in [0, 0.1) is 12.8 Å². The molecule has 3 nitrogen and oxygen atoms in total. The van der Waals surface area contributed by atoms with Gasteiger partial charge in [-0.3, -0.25) is 4.79 Å². The van der Waals surface area contributed by atoms with Gasteiger partial charge in [-0.25, -0.2) is 0 Å². The van der Waals surface area contributed by atoms with E-state index in [-0.39, 0.29) is 5.91 Å². The summed E-state index contributed by atoms with van der Waals surface area (Å²) in [5.41, 5.74) is 5.73. The molecule has 0 bridgehead atoms. The molecule has 2 unspecified atom stereocenters. The lowest BCUT2D eigenvalue weighted by Gasteiger charge is -2.19. The van der Waals surface area contributed by atoms with Crippen molar-refractivity contribution >= 4 is 17.2 Å². The van der Waals surface area contributed by atoms with Gasteiger partial charge in [0.05, 0.1) is 0 Å². The van der Waals surface area contributed by atoms with E-state index in [9.17, 15) is 4.79 Å². The molecule has 0 radical (unpaired) electrons. The van der Waals surface area contributed by atoms with Gasteiger partial charge in [0.15, 0.2) is 0 Å². The number of aryl methyl sites for hydroxylation is 2.